The molecule has 0 atom stereocenters. The number of ketones is 1. The molecule has 0 aliphatic rings. The summed E-state index contributed by atoms with van der Waals surface area (Å²) in [5.41, 5.74) is 0.152. The molecule has 2 aromatic carbocycles. The van der Waals surface area contributed by atoms with Crippen molar-refractivity contribution < 1.29 is 31.8 Å². The minimum absolute atomic E-state index is 0.0459. The van der Waals surface area contributed by atoms with Crippen LogP contribution in [0.15, 0.2) is 42.5 Å². The van der Waals surface area contributed by atoms with Gasteiger partial charge >= 0.3 is 6.36 Å². The summed E-state index contributed by atoms with van der Waals surface area (Å²) in [5, 5.41) is 0. The van der Waals surface area contributed by atoms with Crippen molar-refractivity contribution >= 4 is 5.78 Å². The Balaban J connectivity index is 2.02. The Bertz CT molecular complexity index is 775. The largest absolute Gasteiger partial charge is 0.573 e. The second-order valence-corrected chi connectivity index (χ2v) is 6.70. The Morgan fingerprint density at radius 2 is 1.62 bits per heavy atom. The summed E-state index contributed by atoms with van der Waals surface area (Å²) in [7, 11) is 0. The predicted octanol–water partition coefficient (Wildman–Crippen LogP) is 5.53. The van der Waals surface area contributed by atoms with E-state index < -0.39 is 17.6 Å². The summed E-state index contributed by atoms with van der Waals surface area (Å²) in [6, 6.07) is 9.01. The van der Waals surface area contributed by atoms with Gasteiger partial charge in [-0.15, -0.1) is 13.2 Å². The fraction of sp³-hybridized carbons (Fsp3) is 0.316. The monoisotopic (exact) mass is 370 g/mol. The molecule has 0 spiro atoms. The molecule has 2 rings (SSSR count). The van der Waals surface area contributed by atoms with Crippen LogP contribution in [-0.2, 0) is 6.61 Å². The second-order valence-electron chi connectivity index (χ2n) is 6.70. The molecule has 0 amide bonds. The Hall–Kier alpha value is -2.57. The number of carbonyl (C=O) groups is 1. The van der Waals surface area contributed by atoms with E-state index in [1.807, 2.05) is 0 Å². The van der Waals surface area contributed by atoms with Crippen LogP contribution in [0, 0.1) is 11.2 Å². The highest BCUT2D eigenvalue weighted by Gasteiger charge is 2.31. The van der Waals surface area contributed by atoms with E-state index in [2.05, 4.69) is 4.74 Å². The predicted molar refractivity (Wildman–Crippen MR) is 87.6 cm³/mol. The van der Waals surface area contributed by atoms with Crippen molar-refractivity contribution in [3.05, 3.63) is 59.4 Å². The molecule has 2 aromatic rings. The fourth-order valence-electron chi connectivity index (χ4n) is 2.14. The molecule has 0 aromatic heterocycles. The van der Waals surface area contributed by atoms with E-state index in [0.717, 1.165) is 18.2 Å². The van der Waals surface area contributed by atoms with Crippen LogP contribution >= 0.6 is 0 Å². The highest BCUT2D eigenvalue weighted by molar-refractivity contribution is 5.99. The van der Waals surface area contributed by atoms with Gasteiger partial charge in [0.05, 0.1) is 0 Å². The molecule has 0 aliphatic heterocycles. The lowest BCUT2D eigenvalue weighted by atomic mass is 9.86. The summed E-state index contributed by atoms with van der Waals surface area (Å²) < 4.78 is 59.6. The van der Waals surface area contributed by atoms with Crippen molar-refractivity contribution in [3.63, 3.8) is 0 Å². The number of hydrogen-bond acceptors (Lipinski definition) is 3. The van der Waals surface area contributed by atoms with Gasteiger partial charge in [-0.3, -0.25) is 4.79 Å². The van der Waals surface area contributed by atoms with Gasteiger partial charge in [0.15, 0.2) is 17.3 Å². The van der Waals surface area contributed by atoms with E-state index >= 15 is 0 Å². The van der Waals surface area contributed by atoms with Gasteiger partial charge in [-0.1, -0.05) is 32.9 Å². The molecule has 0 saturated heterocycles. The maximum Gasteiger partial charge on any atom is 0.573 e. The summed E-state index contributed by atoms with van der Waals surface area (Å²) in [5.74, 6) is -1.27. The minimum atomic E-state index is -4.76. The third kappa shape index (κ3) is 5.47. The quantitative estimate of drug-likeness (QED) is 0.513. The number of halogens is 4. The van der Waals surface area contributed by atoms with Gasteiger partial charge in [-0.05, 0) is 35.9 Å². The molecular weight excluding hydrogens is 352 g/mol. The first-order chi connectivity index (χ1) is 12.0. The van der Waals surface area contributed by atoms with E-state index in [4.69, 9.17) is 4.74 Å². The van der Waals surface area contributed by atoms with Gasteiger partial charge in [-0.2, -0.15) is 0 Å². The third-order valence-corrected chi connectivity index (χ3v) is 3.43. The third-order valence-electron chi connectivity index (χ3n) is 3.43. The number of rotatable bonds is 5. The summed E-state index contributed by atoms with van der Waals surface area (Å²) in [4.78, 5) is 12.1. The summed E-state index contributed by atoms with van der Waals surface area (Å²) in [6.07, 6.45) is -4.76. The van der Waals surface area contributed by atoms with E-state index in [1.165, 1.54) is 24.3 Å². The van der Waals surface area contributed by atoms with Crippen molar-refractivity contribution in [2.75, 3.05) is 0 Å². The zero-order chi connectivity index (χ0) is 19.5. The lowest BCUT2D eigenvalue weighted by Gasteiger charge is -2.17. The van der Waals surface area contributed by atoms with Crippen LogP contribution in [-0.4, -0.2) is 12.1 Å². The first-order valence-corrected chi connectivity index (χ1v) is 7.77. The Morgan fingerprint density at radius 3 is 2.12 bits per heavy atom. The number of alkyl halides is 3. The maximum absolute atomic E-state index is 14.1. The molecule has 140 valence electrons. The molecule has 0 heterocycles. The average molecular weight is 370 g/mol. The van der Waals surface area contributed by atoms with E-state index in [0.29, 0.717) is 5.56 Å². The molecule has 0 N–H and O–H groups in total. The molecule has 0 fully saturated rings. The van der Waals surface area contributed by atoms with Crippen molar-refractivity contribution in [1.29, 1.82) is 0 Å². The van der Waals surface area contributed by atoms with Crippen LogP contribution < -0.4 is 9.47 Å². The number of benzene rings is 2. The van der Waals surface area contributed by atoms with E-state index in [-0.39, 0.29) is 29.5 Å². The first kappa shape index (κ1) is 19.8. The van der Waals surface area contributed by atoms with Crippen molar-refractivity contribution in [3.8, 4) is 11.5 Å². The van der Waals surface area contributed by atoms with Crippen LogP contribution in [0.2, 0.25) is 0 Å². The SMILES string of the molecule is CC(C)(C)C(=O)c1ccc(OCc2ccc(OC(F)(F)F)cc2)c(F)c1. The van der Waals surface area contributed by atoms with Crippen LogP contribution in [0.25, 0.3) is 0 Å². The molecular formula is C19H18F4O3. The summed E-state index contributed by atoms with van der Waals surface area (Å²) >= 11 is 0. The fourth-order valence-corrected chi connectivity index (χ4v) is 2.14. The molecule has 0 bridgehead atoms. The number of Topliss-reactive ketones (excluding diaryl/α,β-unsaturated/α-hetero) is 1. The highest BCUT2D eigenvalue weighted by Crippen LogP contribution is 2.26. The van der Waals surface area contributed by atoms with E-state index in [1.54, 1.807) is 20.8 Å². The molecule has 3 nitrogen and oxygen atoms in total. The van der Waals surface area contributed by atoms with Gasteiger partial charge in [0.1, 0.15) is 12.4 Å². The molecule has 0 unspecified atom stereocenters. The van der Waals surface area contributed by atoms with Crippen molar-refractivity contribution in [2.24, 2.45) is 5.41 Å². The second kappa shape index (κ2) is 7.35. The van der Waals surface area contributed by atoms with Crippen LogP contribution in [0.4, 0.5) is 17.6 Å². The topological polar surface area (TPSA) is 35.5 Å². The number of ether oxygens (including phenoxy) is 2. The van der Waals surface area contributed by atoms with Gasteiger partial charge in [0.2, 0.25) is 0 Å². The van der Waals surface area contributed by atoms with Gasteiger partial charge in [-0.25, -0.2) is 4.39 Å². The van der Waals surface area contributed by atoms with E-state index in [9.17, 15) is 22.4 Å². The molecule has 26 heavy (non-hydrogen) atoms. The lowest BCUT2D eigenvalue weighted by molar-refractivity contribution is -0.274. The highest BCUT2D eigenvalue weighted by atomic mass is 19.4. The zero-order valence-electron chi connectivity index (χ0n) is 14.5. The van der Waals surface area contributed by atoms with Crippen molar-refractivity contribution in [2.45, 2.75) is 33.7 Å². The summed E-state index contributed by atoms with van der Waals surface area (Å²) in [6.45, 7) is 5.17. The molecule has 0 radical (unpaired) electrons. The first-order valence-electron chi connectivity index (χ1n) is 7.77. The molecule has 7 heteroatoms. The standard InChI is InChI=1S/C19H18F4O3/c1-18(2,3)17(24)13-6-9-16(15(20)10-13)25-11-12-4-7-14(8-5-12)26-19(21,22)23/h4-10H,11H2,1-3H3. The maximum atomic E-state index is 14.1. The Morgan fingerprint density at radius 1 is 1.00 bits per heavy atom. The minimum Gasteiger partial charge on any atom is -0.486 e. The smallest absolute Gasteiger partial charge is 0.486 e. The zero-order valence-corrected chi connectivity index (χ0v) is 14.5. The van der Waals surface area contributed by atoms with Gasteiger partial charge in [0, 0.05) is 11.0 Å². The molecule has 0 saturated carbocycles. The Labute approximate surface area is 148 Å². The van der Waals surface area contributed by atoms with Crippen LogP contribution in [0.3, 0.4) is 0 Å². The lowest BCUT2D eigenvalue weighted by Crippen LogP contribution is -2.20. The normalized spacial score (nSPS) is 12.0. The molecule has 0 aliphatic carbocycles. The average Bonchev–Trinajstić information content (AvgIpc) is 2.52. The number of hydrogen-bond donors (Lipinski definition) is 0. The van der Waals surface area contributed by atoms with Crippen LogP contribution in [0.5, 0.6) is 11.5 Å². The van der Waals surface area contributed by atoms with Crippen LogP contribution in [0.1, 0.15) is 36.7 Å². The number of carbonyl (C=O) groups excluding carboxylic acids is 1. The van der Waals surface area contributed by atoms with Crippen molar-refractivity contribution in [1.82, 2.24) is 0 Å². The van der Waals surface area contributed by atoms with Gasteiger partial charge in [0.25, 0.3) is 0 Å². The Kier molecular flexibility index (Phi) is 5.59. The van der Waals surface area contributed by atoms with Gasteiger partial charge < -0.3 is 9.47 Å².